The van der Waals surface area contributed by atoms with E-state index >= 15 is 0 Å². The average molecular weight is 317 g/mol. The lowest BCUT2D eigenvalue weighted by Gasteiger charge is -2.19. The molecule has 0 heterocycles. The minimum absolute atomic E-state index is 0.126. The molecule has 21 heavy (non-hydrogen) atoms. The van der Waals surface area contributed by atoms with E-state index in [-0.39, 0.29) is 5.02 Å². The van der Waals surface area contributed by atoms with Gasteiger partial charge in [-0.15, -0.1) is 0 Å². The number of amides is 1. The molecule has 118 valence electrons. The van der Waals surface area contributed by atoms with E-state index in [4.69, 9.17) is 16.3 Å². The maximum atomic E-state index is 13.0. The van der Waals surface area contributed by atoms with E-state index in [1.165, 1.54) is 6.07 Å². The van der Waals surface area contributed by atoms with E-state index in [1.807, 2.05) is 20.8 Å². The first kappa shape index (κ1) is 17.7. The molecule has 6 heteroatoms. The van der Waals surface area contributed by atoms with Crippen molar-refractivity contribution >= 4 is 17.7 Å². The van der Waals surface area contributed by atoms with Crippen molar-refractivity contribution in [3.8, 4) is 0 Å². The molecule has 0 aliphatic heterocycles. The first-order valence-corrected chi connectivity index (χ1v) is 7.27. The van der Waals surface area contributed by atoms with E-state index in [0.29, 0.717) is 13.1 Å². The van der Waals surface area contributed by atoms with Gasteiger partial charge in [-0.1, -0.05) is 17.7 Å². The Labute approximate surface area is 130 Å². The van der Waals surface area contributed by atoms with Gasteiger partial charge in [0.2, 0.25) is 0 Å². The zero-order chi connectivity index (χ0) is 15.9. The molecule has 4 nitrogen and oxygen atoms in total. The zero-order valence-electron chi connectivity index (χ0n) is 12.6. The summed E-state index contributed by atoms with van der Waals surface area (Å²) in [5.74, 6) is -0.415. The standard InChI is InChI=1S/C15H22ClFN2O2/c1-15(2,3)21-14(20)19-8-4-7-18-10-11-5-6-13(17)12(16)9-11/h5-6,9,18H,4,7-8,10H2,1-3H3,(H,19,20). The van der Waals surface area contributed by atoms with Gasteiger partial charge in [0.25, 0.3) is 0 Å². The molecular formula is C15H22ClFN2O2. The molecule has 0 aliphatic rings. The van der Waals surface area contributed by atoms with Crippen LogP contribution in [0.15, 0.2) is 18.2 Å². The first-order valence-electron chi connectivity index (χ1n) is 6.89. The Kier molecular flexibility index (Phi) is 6.92. The van der Waals surface area contributed by atoms with Gasteiger partial charge in [0.15, 0.2) is 0 Å². The van der Waals surface area contributed by atoms with Crippen LogP contribution in [0.5, 0.6) is 0 Å². The molecule has 0 atom stereocenters. The molecule has 1 amide bonds. The highest BCUT2D eigenvalue weighted by atomic mass is 35.5. The Morgan fingerprint density at radius 2 is 2.05 bits per heavy atom. The van der Waals surface area contributed by atoms with Gasteiger partial charge < -0.3 is 15.4 Å². The van der Waals surface area contributed by atoms with Crippen molar-refractivity contribution in [2.24, 2.45) is 0 Å². The van der Waals surface area contributed by atoms with Crippen LogP contribution in [0, 0.1) is 5.82 Å². The van der Waals surface area contributed by atoms with Crippen molar-refractivity contribution in [1.82, 2.24) is 10.6 Å². The molecule has 1 rings (SSSR count). The lowest BCUT2D eigenvalue weighted by molar-refractivity contribution is 0.0527. The summed E-state index contributed by atoms with van der Waals surface area (Å²) >= 11 is 5.70. The molecule has 0 unspecified atom stereocenters. The summed E-state index contributed by atoms with van der Waals surface area (Å²) in [5.41, 5.74) is 0.436. The molecule has 1 aromatic rings. The van der Waals surface area contributed by atoms with E-state index in [2.05, 4.69) is 10.6 Å². The van der Waals surface area contributed by atoms with Crippen molar-refractivity contribution in [2.75, 3.05) is 13.1 Å². The normalized spacial score (nSPS) is 11.3. The molecule has 0 saturated heterocycles. The number of halogens is 2. The van der Waals surface area contributed by atoms with Crippen molar-refractivity contribution in [2.45, 2.75) is 39.3 Å². The Bertz CT molecular complexity index is 475. The Balaban J connectivity index is 2.12. The van der Waals surface area contributed by atoms with Crippen molar-refractivity contribution in [3.05, 3.63) is 34.6 Å². The second-order valence-corrected chi connectivity index (χ2v) is 6.11. The Hall–Kier alpha value is -1.33. The van der Waals surface area contributed by atoms with Crippen LogP contribution in [-0.4, -0.2) is 24.8 Å². The van der Waals surface area contributed by atoms with Gasteiger partial charge in [-0.25, -0.2) is 9.18 Å². The number of hydrogen-bond acceptors (Lipinski definition) is 3. The fourth-order valence-corrected chi connectivity index (χ4v) is 1.80. The SMILES string of the molecule is CC(C)(C)OC(=O)NCCCNCc1ccc(F)c(Cl)c1. The van der Waals surface area contributed by atoms with Crippen LogP contribution >= 0.6 is 11.6 Å². The minimum atomic E-state index is -0.482. The van der Waals surface area contributed by atoms with Gasteiger partial charge in [-0.2, -0.15) is 0 Å². The summed E-state index contributed by atoms with van der Waals surface area (Å²) in [7, 11) is 0. The molecule has 0 spiro atoms. The van der Waals surface area contributed by atoms with E-state index in [0.717, 1.165) is 18.5 Å². The van der Waals surface area contributed by atoms with Crippen LogP contribution < -0.4 is 10.6 Å². The molecule has 2 N–H and O–H groups in total. The average Bonchev–Trinajstić information content (AvgIpc) is 2.35. The molecule has 0 fully saturated rings. The Morgan fingerprint density at radius 1 is 1.33 bits per heavy atom. The molecule has 1 aromatic carbocycles. The van der Waals surface area contributed by atoms with E-state index in [9.17, 15) is 9.18 Å². The highest BCUT2D eigenvalue weighted by molar-refractivity contribution is 6.30. The van der Waals surface area contributed by atoms with Crippen LogP contribution in [0.4, 0.5) is 9.18 Å². The number of ether oxygens (including phenoxy) is 1. The number of hydrogen-bond donors (Lipinski definition) is 2. The lowest BCUT2D eigenvalue weighted by Crippen LogP contribution is -2.33. The second-order valence-electron chi connectivity index (χ2n) is 5.71. The number of carbonyl (C=O) groups excluding carboxylic acids is 1. The number of nitrogens with one attached hydrogen (secondary N) is 2. The largest absolute Gasteiger partial charge is 0.444 e. The monoisotopic (exact) mass is 316 g/mol. The number of benzene rings is 1. The number of rotatable bonds is 6. The third-order valence-electron chi connectivity index (χ3n) is 2.51. The molecule has 0 aromatic heterocycles. The van der Waals surface area contributed by atoms with Crippen LogP contribution in [0.25, 0.3) is 0 Å². The fourth-order valence-electron chi connectivity index (χ4n) is 1.60. The maximum Gasteiger partial charge on any atom is 0.407 e. The summed E-state index contributed by atoms with van der Waals surface area (Å²) in [6, 6.07) is 4.64. The number of alkyl carbamates (subject to hydrolysis) is 1. The number of carbonyl (C=O) groups is 1. The van der Waals surface area contributed by atoms with Gasteiger partial charge in [0.1, 0.15) is 11.4 Å². The van der Waals surface area contributed by atoms with Crippen LogP contribution in [0.1, 0.15) is 32.8 Å². The fraction of sp³-hybridized carbons (Fsp3) is 0.533. The topological polar surface area (TPSA) is 50.4 Å². The smallest absolute Gasteiger partial charge is 0.407 e. The highest BCUT2D eigenvalue weighted by Gasteiger charge is 2.15. The van der Waals surface area contributed by atoms with Gasteiger partial charge in [0.05, 0.1) is 5.02 Å². The van der Waals surface area contributed by atoms with E-state index < -0.39 is 17.5 Å². The van der Waals surface area contributed by atoms with Crippen molar-refractivity contribution in [3.63, 3.8) is 0 Å². The van der Waals surface area contributed by atoms with Gasteiger partial charge in [-0.3, -0.25) is 0 Å². The van der Waals surface area contributed by atoms with Gasteiger partial charge in [-0.05, 0) is 51.4 Å². The maximum absolute atomic E-state index is 13.0. The molecule has 0 saturated carbocycles. The van der Waals surface area contributed by atoms with Gasteiger partial charge in [0, 0.05) is 13.1 Å². The molecule has 0 radical (unpaired) electrons. The summed E-state index contributed by atoms with van der Waals surface area (Å²) in [5, 5.41) is 6.01. The van der Waals surface area contributed by atoms with Crippen molar-refractivity contribution in [1.29, 1.82) is 0 Å². The lowest BCUT2D eigenvalue weighted by atomic mass is 10.2. The van der Waals surface area contributed by atoms with Crippen LogP contribution in [0.3, 0.4) is 0 Å². The third kappa shape index (κ3) is 7.87. The summed E-state index contributed by atoms with van der Waals surface area (Å²) in [6.07, 6.45) is 0.363. The summed E-state index contributed by atoms with van der Waals surface area (Å²) in [6.45, 7) is 7.33. The van der Waals surface area contributed by atoms with Gasteiger partial charge >= 0.3 is 6.09 Å². The predicted octanol–water partition coefficient (Wildman–Crippen LogP) is 3.48. The Morgan fingerprint density at radius 3 is 2.67 bits per heavy atom. The molecule has 0 bridgehead atoms. The minimum Gasteiger partial charge on any atom is -0.444 e. The van der Waals surface area contributed by atoms with Crippen LogP contribution in [-0.2, 0) is 11.3 Å². The summed E-state index contributed by atoms with van der Waals surface area (Å²) < 4.78 is 18.1. The zero-order valence-corrected chi connectivity index (χ0v) is 13.4. The predicted molar refractivity (Wildman–Crippen MR) is 82.0 cm³/mol. The third-order valence-corrected chi connectivity index (χ3v) is 2.80. The highest BCUT2D eigenvalue weighted by Crippen LogP contribution is 2.15. The quantitative estimate of drug-likeness (QED) is 0.790. The first-order chi connectivity index (χ1) is 9.78. The van der Waals surface area contributed by atoms with Crippen molar-refractivity contribution < 1.29 is 13.9 Å². The van der Waals surface area contributed by atoms with Crippen LogP contribution in [0.2, 0.25) is 5.02 Å². The molecule has 0 aliphatic carbocycles. The second kappa shape index (κ2) is 8.20. The van der Waals surface area contributed by atoms with E-state index in [1.54, 1.807) is 12.1 Å². The summed E-state index contributed by atoms with van der Waals surface area (Å²) in [4.78, 5) is 11.4. The molecular weight excluding hydrogens is 295 g/mol.